The van der Waals surface area contributed by atoms with Crippen LogP contribution < -0.4 is 4.31 Å². The number of hydrogen-bond acceptors (Lipinski definition) is 5. The number of anilines is 1. The van der Waals surface area contributed by atoms with Gasteiger partial charge >= 0.3 is 0 Å². The molecule has 0 atom stereocenters. The summed E-state index contributed by atoms with van der Waals surface area (Å²) in [6.45, 7) is 6.82. The first kappa shape index (κ1) is 22.2. The van der Waals surface area contributed by atoms with Crippen LogP contribution in [0.5, 0.6) is 0 Å². The van der Waals surface area contributed by atoms with Gasteiger partial charge in [0.2, 0.25) is 0 Å². The zero-order valence-corrected chi connectivity index (χ0v) is 18.4. The third-order valence-electron chi connectivity index (χ3n) is 5.27. The summed E-state index contributed by atoms with van der Waals surface area (Å²) in [5.41, 5.74) is 2.31. The van der Waals surface area contributed by atoms with Crippen LogP contribution in [0.4, 0.5) is 11.4 Å². The van der Waals surface area contributed by atoms with Crippen LogP contribution in [0.1, 0.15) is 32.6 Å². The van der Waals surface area contributed by atoms with E-state index in [2.05, 4.69) is 0 Å². The van der Waals surface area contributed by atoms with Crippen LogP contribution in [0.3, 0.4) is 0 Å². The molecule has 0 unspecified atom stereocenters. The van der Waals surface area contributed by atoms with Gasteiger partial charge in [-0.15, -0.1) is 0 Å². The predicted octanol–water partition coefficient (Wildman–Crippen LogP) is 4.86. The van der Waals surface area contributed by atoms with Gasteiger partial charge in [-0.2, -0.15) is 4.31 Å². The van der Waals surface area contributed by atoms with Crippen molar-refractivity contribution in [2.24, 2.45) is 0 Å². The number of nitrogens with zero attached hydrogens (tertiary/aromatic N) is 2. The zero-order valence-electron chi connectivity index (χ0n) is 17.6. The summed E-state index contributed by atoms with van der Waals surface area (Å²) in [7, 11) is -4.29. The summed E-state index contributed by atoms with van der Waals surface area (Å²) in [6, 6.07) is 15.3. The second-order valence-corrected chi connectivity index (χ2v) is 9.10. The van der Waals surface area contributed by atoms with E-state index in [1.54, 1.807) is 31.2 Å². The lowest BCUT2D eigenvalue weighted by molar-refractivity contribution is -0.385. The number of aryl methyl sites for hydroxylation is 2. The summed E-state index contributed by atoms with van der Waals surface area (Å²) < 4.78 is 28.0. The van der Waals surface area contributed by atoms with Crippen LogP contribution in [0.25, 0.3) is 0 Å². The van der Waals surface area contributed by atoms with E-state index in [9.17, 15) is 23.3 Å². The maximum Gasteiger partial charge on any atom is 0.273 e. The zero-order chi connectivity index (χ0) is 22.9. The molecule has 1 amide bonds. The van der Waals surface area contributed by atoms with E-state index in [1.165, 1.54) is 37.3 Å². The Balaban J connectivity index is 2.28. The standard InChI is InChI=1S/C23H22N2O5S/c1-15-11-13-19(14-12-15)31(29,30)24(21-9-5-7-16(2)17(21)3)23(26)20-8-6-10-22(18(20)4)25(27)28/h5-14H,1-4H3. The van der Waals surface area contributed by atoms with E-state index in [-0.39, 0.29) is 27.4 Å². The van der Waals surface area contributed by atoms with Crippen molar-refractivity contribution < 1.29 is 18.1 Å². The van der Waals surface area contributed by atoms with Gasteiger partial charge in [0, 0.05) is 11.6 Å². The minimum absolute atomic E-state index is 0.0459. The van der Waals surface area contributed by atoms with E-state index >= 15 is 0 Å². The topological polar surface area (TPSA) is 97.6 Å². The summed E-state index contributed by atoms with van der Waals surface area (Å²) in [5.74, 6) is -0.851. The molecule has 0 aromatic heterocycles. The Morgan fingerprint density at radius 3 is 2.10 bits per heavy atom. The van der Waals surface area contributed by atoms with E-state index in [0.717, 1.165) is 15.4 Å². The highest BCUT2D eigenvalue weighted by Crippen LogP contribution is 2.32. The molecule has 0 saturated carbocycles. The lowest BCUT2D eigenvalue weighted by atomic mass is 10.0. The molecule has 0 aliphatic rings. The molecule has 0 N–H and O–H groups in total. The number of carbonyl (C=O) groups excluding carboxylic acids is 1. The summed E-state index contributed by atoms with van der Waals surface area (Å²) >= 11 is 0. The van der Waals surface area contributed by atoms with Gasteiger partial charge in [0.15, 0.2) is 0 Å². The number of carbonyl (C=O) groups is 1. The maximum absolute atomic E-state index is 13.6. The predicted molar refractivity (Wildman–Crippen MR) is 119 cm³/mol. The largest absolute Gasteiger partial charge is 0.273 e. The van der Waals surface area contributed by atoms with Crippen molar-refractivity contribution in [1.82, 2.24) is 0 Å². The first-order valence-electron chi connectivity index (χ1n) is 9.52. The average molecular weight is 439 g/mol. The smallest absolute Gasteiger partial charge is 0.268 e. The molecule has 0 spiro atoms. The molecule has 31 heavy (non-hydrogen) atoms. The lowest BCUT2D eigenvalue weighted by Gasteiger charge is -2.25. The van der Waals surface area contributed by atoms with E-state index in [4.69, 9.17) is 0 Å². The quantitative estimate of drug-likeness (QED) is 0.418. The SMILES string of the molecule is Cc1ccc(S(=O)(=O)N(C(=O)c2cccc([N+](=O)[O-])c2C)c2cccc(C)c2C)cc1. The van der Waals surface area contributed by atoms with Gasteiger partial charge in [-0.05, 0) is 63.1 Å². The molecule has 160 valence electrons. The van der Waals surface area contributed by atoms with Crippen molar-refractivity contribution in [3.05, 3.63) is 98.6 Å². The maximum atomic E-state index is 13.6. The second kappa shape index (κ2) is 8.31. The molecule has 7 nitrogen and oxygen atoms in total. The van der Waals surface area contributed by atoms with Gasteiger partial charge in [0.25, 0.3) is 21.6 Å². The van der Waals surface area contributed by atoms with Crippen LogP contribution in [0.15, 0.2) is 65.6 Å². The van der Waals surface area contributed by atoms with E-state index in [1.807, 2.05) is 19.9 Å². The molecule has 0 aliphatic carbocycles. The van der Waals surface area contributed by atoms with Crippen LogP contribution in [-0.2, 0) is 10.0 Å². The van der Waals surface area contributed by atoms with Gasteiger partial charge in [-0.1, -0.05) is 35.9 Å². The van der Waals surface area contributed by atoms with Crippen molar-refractivity contribution in [3.63, 3.8) is 0 Å². The van der Waals surface area contributed by atoms with Crippen LogP contribution in [0, 0.1) is 37.8 Å². The van der Waals surface area contributed by atoms with Crippen LogP contribution in [-0.4, -0.2) is 19.2 Å². The monoisotopic (exact) mass is 438 g/mol. The van der Waals surface area contributed by atoms with Gasteiger partial charge < -0.3 is 0 Å². The number of benzene rings is 3. The number of rotatable bonds is 5. The van der Waals surface area contributed by atoms with Crippen molar-refractivity contribution in [1.29, 1.82) is 0 Å². The lowest BCUT2D eigenvalue weighted by Crippen LogP contribution is -2.38. The second-order valence-electron chi connectivity index (χ2n) is 7.31. The molecule has 0 radical (unpaired) electrons. The molecule has 3 aromatic rings. The third kappa shape index (κ3) is 4.06. The summed E-state index contributed by atoms with van der Waals surface area (Å²) in [5, 5.41) is 11.3. The number of hydrogen-bond donors (Lipinski definition) is 0. The van der Waals surface area contributed by atoms with Crippen molar-refractivity contribution >= 4 is 27.3 Å². The highest BCUT2D eigenvalue weighted by molar-refractivity contribution is 7.93. The Bertz CT molecular complexity index is 1280. The molecular formula is C23H22N2O5S. The van der Waals surface area contributed by atoms with Gasteiger partial charge in [-0.3, -0.25) is 14.9 Å². The number of nitro benzene ring substituents is 1. The first-order valence-corrected chi connectivity index (χ1v) is 11.0. The minimum Gasteiger partial charge on any atom is -0.268 e. The molecule has 0 fully saturated rings. The molecule has 0 heterocycles. The van der Waals surface area contributed by atoms with Gasteiger partial charge in [0.1, 0.15) is 0 Å². The number of nitro groups is 1. The van der Waals surface area contributed by atoms with Gasteiger partial charge in [-0.25, -0.2) is 8.42 Å². The highest BCUT2D eigenvalue weighted by Gasteiger charge is 2.34. The summed E-state index contributed by atoms with van der Waals surface area (Å²) in [4.78, 5) is 24.3. The van der Waals surface area contributed by atoms with Crippen molar-refractivity contribution in [2.75, 3.05) is 4.31 Å². The average Bonchev–Trinajstić information content (AvgIpc) is 2.71. The highest BCUT2D eigenvalue weighted by atomic mass is 32.2. The molecule has 8 heteroatoms. The fraction of sp³-hybridized carbons (Fsp3) is 0.174. The Labute approximate surface area is 181 Å². The normalized spacial score (nSPS) is 11.2. The molecule has 0 bridgehead atoms. The van der Waals surface area contributed by atoms with Crippen molar-refractivity contribution in [3.8, 4) is 0 Å². The van der Waals surface area contributed by atoms with E-state index in [0.29, 0.717) is 5.56 Å². The molecule has 3 rings (SSSR count). The van der Waals surface area contributed by atoms with Crippen LogP contribution in [0.2, 0.25) is 0 Å². The van der Waals surface area contributed by atoms with Gasteiger partial charge in [0.05, 0.1) is 21.1 Å². The minimum atomic E-state index is -4.29. The first-order chi connectivity index (χ1) is 14.6. The number of amides is 1. The Morgan fingerprint density at radius 1 is 0.871 bits per heavy atom. The molecule has 0 saturated heterocycles. The molecule has 0 aliphatic heterocycles. The number of sulfonamides is 1. The Kier molecular flexibility index (Phi) is 5.94. The van der Waals surface area contributed by atoms with Crippen LogP contribution >= 0.6 is 0 Å². The Morgan fingerprint density at radius 2 is 1.48 bits per heavy atom. The van der Waals surface area contributed by atoms with Crippen molar-refractivity contribution in [2.45, 2.75) is 32.6 Å². The summed E-state index contributed by atoms with van der Waals surface area (Å²) in [6.07, 6.45) is 0. The Hall–Kier alpha value is -3.52. The fourth-order valence-corrected chi connectivity index (χ4v) is 4.75. The molecule has 3 aromatic carbocycles. The third-order valence-corrected chi connectivity index (χ3v) is 6.98. The van der Waals surface area contributed by atoms with E-state index < -0.39 is 20.9 Å². The fourth-order valence-electron chi connectivity index (χ4n) is 3.28. The molecular weight excluding hydrogens is 416 g/mol.